The zero-order chi connectivity index (χ0) is 30.2. The number of anilines is 2. The van der Waals surface area contributed by atoms with Gasteiger partial charge in [0.15, 0.2) is 0 Å². The van der Waals surface area contributed by atoms with Gasteiger partial charge in [0, 0.05) is 34.1 Å². The minimum Gasteiger partial charge on any atom is -0.334 e. The highest BCUT2D eigenvalue weighted by Crippen LogP contribution is 2.56. The summed E-state index contributed by atoms with van der Waals surface area (Å²) < 4.78 is 2.46. The number of para-hydroxylation sites is 2. The number of benzene rings is 4. The molecule has 222 valence electrons. The van der Waals surface area contributed by atoms with Crippen LogP contribution in [-0.2, 0) is 6.42 Å². The summed E-state index contributed by atoms with van der Waals surface area (Å²) in [6, 6.07) is 38.5. The highest BCUT2D eigenvalue weighted by Gasteiger charge is 2.47. The first-order valence-electron chi connectivity index (χ1n) is 17.0. The molecule has 1 aromatic heterocycles. The van der Waals surface area contributed by atoms with Gasteiger partial charge in [0.25, 0.3) is 0 Å². The summed E-state index contributed by atoms with van der Waals surface area (Å²) in [5, 5.41) is 4.18. The van der Waals surface area contributed by atoms with E-state index < -0.39 is 0 Å². The van der Waals surface area contributed by atoms with E-state index in [2.05, 4.69) is 155 Å². The third-order valence-corrected chi connectivity index (χ3v) is 11.2. The molecule has 46 heavy (non-hydrogen) atoms. The summed E-state index contributed by atoms with van der Waals surface area (Å²) in [5.74, 6) is 1.62. The Bertz CT molecular complexity index is 2280. The third-order valence-electron chi connectivity index (χ3n) is 11.2. The lowest BCUT2D eigenvalue weighted by Gasteiger charge is -2.37. The fourth-order valence-electron chi connectivity index (χ4n) is 9.31. The summed E-state index contributed by atoms with van der Waals surface area (Å²) in [6.45, 7) is 0. The second kappa shape index (κ2) is 10.2. The van der Waals surface area contributed by atoms with Crippen LogP contribution in [0.4, 0.5) is 11.4 Å². The van der Waals surface area contributed by atoms with Crippen molar-refractivity contribution in [1.82, 2.24) is 4.57 Å². The average Bonchev–Trinajstić information content (AvgIpc) is 3.63. The maximum absolute atomic E-state index is 2.67. The van der Waals surface area contributed by atoms with Gasteiger partial charge >= 0.3 is 0 Å². The van der Waals surface area contributed by atoms with Gasteiger partial charge in [0.2, 0.25) is 0 Å². The van der Waals surface area contributed by atoms with Crippen LogP contribution in [0.1, 0.15) is 30.5 Å². The number of hydrogen-bond acceptors (Lipinski definition) is 1. The van der Waals surface area contributed by atoms with Crippen LogP contribution in [0.5, 0.6) is 0 Å². The Hall–Kier alpha value is -5.08. The Labute approximate surface area is 270 Å². The predicted molar refractivity (Wildman–Crippen MR) is 192 cm³/mol. The van der Waals surface area contributed by atoms with Crippen molar-refractivity contribution in [3.05, 3.63) is 166 Å². The van der Waals surface area contributed by atoms with Crippen LogP contribution in [-0.4, -0.2) is 10.6 Å². The number of rotatable bonds is 4. The van der Waals surface area contributed by atoms with Crippen LogP contribution in [0.15, 0.2) is 145 Å². The maximum Gasteiger partial charge on any atom is 0.0539 e. The first kappa shape index (κ1) is 26.2. The Balaban J connectivity index is 1.16. The molecule has 0 bridgehead atoms. The van der Waals surface area contributed by atoms with E-state index in [9.17, 15) is 0 Å². The SMILES string of the molecule is C1=CC2C3CCC(N(c4ccccc4)c4ccc5c(c4)c4c(n5-c5ccccc5)C=CCC4)C=C3C3=c4ccccc4=CC(=C1)C32. The van der Waals surface area contributed by atoms with Crippen molar-refractivity contribution >= 4 is 40.0 Å². The van der Waals surface area contributed by atoms with Crippen molar-refractivity contribution in [3.63, 3.8) is 0 Å². The Morgan fingerprint density at radius 3 is 2.50 bits per heavy atom. The van der Waals surface area contributed by atoms with Crippen molar-refractivity contribution in [3.8, 4) is 5.69 Å². The van der Waals surface area contributed by atoms with Crippen LogP contribution in [0.2, 0.25) is 0 Å². The summed E-state index contributed by atoms with van der Waals surface area (Å²) in [7, 11) is 0. The van der Waals surface area contributed by atoms with E-state index in [4.69, 9.17) is 0 Å². The highest BCUT2D eigenvalue weighted by atomic mass is 15.2. The van der Waals surface area contributed by atoms with Gasteiger partial charge < -0.3 is 9.47 Å². The van der Waals surface area contributed by atoms with Gasteiger partial charge in [0.1, 0.15) is 0 Å². The molecule has 0 spiro atoms. The minimum absolute atomic E-state index is 0.278. The van der Waals surface area contributed by atoms with Gasteiger partial charge in [-0.3, -0.25) is 0 Å². The Morgan fingerprint density at radius 1 is 0.783 bits per heavy atom. The molecule has 4 atom stereocenters. The first-order chi connectivity index (χ1) is 22.8. The molecule has 4 unspecified atom stereocenters. The Morgan fingerprint density at radius 2 is 1.61 bits per heavy atom. The number of nitrogens with zero attached hydrogens (tertiary/aromatic N) is 2. The van der Waals surface area contributed by atoms with Gasteiger partial charge in [-0.2, -0.15) is 0 Å². The number of allylic oxidation sites excluding steroid dienone is 6. The molecule has 5 aliphatic rings. The second-order valence-electron chi connectivity index (χ2n) is 13.5. The second-order valence-corrected chi connectivity index (χ2v) is 13.5. The van der Waals surface area contributed by atoms with Gasteiger partial charge in [-0.15, -0.1) is 0 Å². The smallest absolute Gasteiger partial charge is 0.0539 e. The molecule has 5 aromatic rings. The van der Waals surface area contributed by atoms with E-state index in [-0.39, 0.29) is 6.04 Å². The molecule has 2 heteroatoms. The topological polar surface area (TPSA) is 8.17 Å². The van der Waals surface area contributed by atoms with E-state index in [1.54, 1.807) is 11.1 Å². The summed E-state index contributed by atoms with van der Waals surface area (Å²) >= 11 is 0. The molecule has 1 heterocycles. The van der Waals surface area contributed by atoms with E-state index in [1.165, 1.54) is 61.7 Å². The van der Waals surface area contributed by atoms with Gasteiger partial charge in [-0.25, -0.2) is 0 Å². The predicted octanol–water partition coefficient (Wildman–Crippen LogP) is 8.82. The number of aryl methyl sites for hydroxylation is 1. The molecule has 0 radical (unpaired) electrons. The highest BCUT2D eigenvalue weighted by molar-refractivity contribution is 5.94. The van der Waals surface area contributed by atoms with E-state index in [1.807, 2.05) is 0 Å². The fraction of sp³-hybridized carbons (Fsp3) is 0.182. The van der Waals surface area contributed by atoms with Crippen molar-refractivity contribution in [2.75, 3.05) is 4.90 Å². The molecule has 2 nitrogen and oxygen atoms in total. The number of hydrogen-bond donors (Lipinski definition) is 0. The maximum atomic E-state index is 2.67. The third kappa shape index (κ3) is 3.83. The molecule has 0 aliphatic heterocycles. The molecule has 1 fully saturated rings. The van der Waals surface area contributed by atoms with Crippen molar-refractivity contribution in [2.24, 2.45) is 17.8 Å². The molecule has 4 aromatic carbocycles. The summed E-state index contributed by atoms with van der Waals surface area (Å²) in [6.07, 6.45) is 21.5. The molecule has 10 rings (SSSR count). The van der Waals surface area contributed by atoms with E-state index in [0.717, 1.165) is 19.3 Å². The van der Waals surface area contributed by atoms with E-state index in [0.29, 0.717) is 17.8 Å². The lowest BCUT2D eigenvalue weighted by Crippen LogP contribution is -2.34. The molecule has 0 saturated heterocycles. The fourth-order valence-corrected chi connectivity index (χ4v) is 9.31. The van der Waals surface area contributed by atoms with Crippen molar-refractivity contribution in [2.45, 2.75) is 31.7 Å². The van der Waals surface area contributed by atoms with Crippen LogP contribution < -0.4 is 15.3 Å². The van der Waals surface area contributed by atoms with Crippen LogP contribution >= 0.6 is 0 Å². The van der Waals surface area contributed by atoms with E-state index >= 15 is 0 Å². The van der Waals surface area contributed by atoms with Crippen LogP contribution in [0, 0.1) is 17.8 Å². The molecule has 1 saturated carbocycles. The minimum atomic E-state index is 0.278. The number of aromatic nitrogens is 1. The molecular weight excluding hydrogens is 556 g/mol. The number of fused-ring (bicyclic) bond motifs is 7. The largest absolute Gasteiger partial charge is 0.334 e. The van der Waals surface area contributed by atoms with Crippen LogP contribution in [0.25, 0.3) is 34.3 Å². The standard InChI is InChI=1S/C44H36N2/c1-3-14-31(15-4-1)45(34-23-25-42-39(27-34)37-19-9-10-21-41(37)46(42)32-16-5-2-6-17-32)33-22-24-36-38-20-11-13-30-26-29-12-7-8-18-35(29)44(43(30)38)40(36)28-33/h1-8,10-18,20-21,23,25-28,33,36,38,43H,9,19,22,24H2. The summed E-state index contributed by atoms with van der Waals surface area (Å²) in [4.78, 5) is 2.63. The lowest BCUT2D eigenvalue weighted by molar-refractivity contribution is 0.394. The van der Waals surface area contributed by atoms with Gasteiger partial charge in [-0.1, -0.05) is 97.1 Å². The average molecular weight is 593 g/mol. The summed E-state index contributed by atoms with van der Waals surface area (Å²) in [5.41, 5.74) is 12.5. The monoisotopic (exact) mass is 592 g/mol. The van der Waals surface area contributed by atoms with Crippen molar-refractivity contribution < 1.29 is 0 Å². The Kier molecular flexibility index (Phi) is 5.81. The first-order valence-corrected chi connectivity index (χ1v) is 17.0. The lowest BCUT2D eigenvalue weighted by atomic mass is 9.76. The quantitative estimate of drug-likeness (QED) is 0.202. The molecular formula is C44H36N2. The van der Waals surface area contributed by atoms with Gasteiger partial charge in [0.05, 0.1) is 11.6 Å². The normalized spacial score (nSPS) is 23.5. The van der Waals surface area contributed by atoms with Crippen LogP contribution in [0.3, 0.4) is 0 Å². The van der Waals surface area contributed by atoms with Crippen molar-refractivity contribution in [1.29, 1.82) is 0 Å². The molecule has 0 amide bonds. The molecule has 0 N–H and O–H groups in total. The molecule has 5 aliphatic carbocycles. The van der Waals surface area contributed by atoms with Gasteiger partial charge in [-0.05, 0) is 119 Å². The zero-order valence-electron chi connectivity index (χ0n) is 25.9. The zero-order valence-corrected chi connectivity index (χ0v) is 25.9.